The van der Waals surface area contributed by atoms with Gasteiger partial charge in [0.1, 0.15) is 0 Å². The number of nitrogens with two attached hydrogens (primary N) is 1. The van der Waals surface area contributed by atoms with Crippen molar-refractivity contribution in [3.8, 4) is 11.5 Å². The number of halogens is 1. The molecule has 2 aromatic rings. The van der Waals surface area contributed by atoms with Crippen molar-refractivity contribution in [2.24, 2.45) is 0 Å². The highest BCUT2D eigenvalue weighted by atomic mass is 35.5. The standard InChI is InChI=1S/C14H16N4O4.ClH/c1-8-16-14(22-18-8)4-2-3-13(19)17-10-6-12-11(5-9(10)15)20-7-21-12;/h5-6H,2-4,7,15H2,1H3,(H,17,19);1H. The molecule has 1 aromatic carbocycles. The number of amides is 1. The molecule has 0 saturated heterocycles. The van der Waals surface area contributed by atoms with Gasteiger partial charge in [-0.15, -0.1) is 12.4 Å². The van der Waals surface area contributed by atoms with Gasteiger partial charge in [-0.2, -0.15) is 4.98 Å². The average Bonchev–Trinajstić information content (AvgIpc) is 3.08. The van der Waals surface area contributed by atoms with Crippen molar-refractivity contribution in [2.45, 2.75) is 26.2 Å². The monoisotopic (exact) mass is 340 g/mol. The van der Waals surface area contributed by atoms with Crippen LogP contribution in [0.25, 0.3) is 0 Å². The maximum atomic E-state index is 12.0. The lowest BCUT2D eigenvalue weighted by atomic mass is 10.2. The van der Waals surface area contributed by atoms with E-state index in [1.807, 2.05) is 0 Å². The first-order chi connectivity index (χ1) is 10.6. The number of hydrogen-bond acceptors (Lipinski definition) is 7. The van der Waals surface area contributed by atoms with Gasteiger partial charge in [0.2, 0.25) is 18.6 Å². The lowest BCUT2D eigenvalue weighted by molar-refractivity contribution is -0.116. The zero-order chi connectivity index (χ0) is 15.5. The Labute approximate surface area is 138 Å². The second-order valence-electron chi connectivity index (χ2n) is 4.93. The molecule has 1 amide bonds. The number of nitrogen functional groups attached to an aromatic ring is 1. The van der Waals surface area contributed by atoms with E-state index < -0.39 is 0 Å². The number of nitrogens with one attached hydrogen (secondary N) is 1. The van der Waals surface area contributed by atoms with Crippen LogP contribution in [0.5, 0.6) is 11.5 Å². The molecule has 9 heteroatoms. The van der Waals surface area contributed by atoms with Gasteiger partial charge in [-0.1, -0.05) is 5.16 Å². The molecule has 0 atom stereocenters. The molecule has 0 saturated carbocycles. The molecule has 1 aromatic heterocycles. The Hall–Kier alpha value is -2.48. The largest absolute Gasteiger partial charge is 0.454 e. The number of carbonyl (C=O) groups is 1. The Balaban J connectivity index is 0.00000192. The van der Waals surface area contributed by atoms with Gasteiger partial charge in [-0.05, 0) is 13.3 Å². The summed E-state index contributed by atoms with van der Waals surface area (Å²) in [6, 6.07) is 3.30. The van der Waals surface area contributed by atoms with E-state index in [1.54, 1.807) is 19.1 Å². The predicted octanol–water partition coefficient (Wildman–Crippen LogP) is 2.07. The normalized spacial score (nSPS) is 11.9. The second-order valence-corrected chi connectivity index (χ2v) is 4.93. The number of rotatable bonds is 5. The molecular weight excluding hydrogens is 324 g/mol. The van der Waals surface area contributed by atoms with Crippen molar-refractivity contribution < 1.29 is 18.8 Å². The number of nitrogens with zero attached hydrogens (tertiary/aromatic N) is 2. The average molecular weight is 341 g/mol. The summed E-state index contributed by atoms with van der Waals surface area (Å²) >= 11 is 0. The van der Waals surface area contributed by atoms with Crippen LogP contribution >= 0.6 is 12.4 Å². The van der Waals surface area contributed by atoms with Crippen LogP contribution in [0.4, 0.5) is 11.4 Å². The Morgan fingerprint density at radius 2 is 2.09 bits per heavy atom. The molecule has 2 heterocycles. The summed E-state index contributed by atoms with van der Waals surface area (Å²) in [7, 11) is 0. The molecule has 0 fully saturated rings. The van der Waals surface area contributed by atoms with Crippen LogP contribution in [0.2, 0.25) is 0 Å². The fourth-order valence-corrected chi connectivity index (χ4v) is 2.12. The number of aryl methyl sites for hydroxylation is 2. The number of benzene rings is 1. The molecular formula is C14H17ClN4O4. The Morgan fingerprint density at radius 3 is 2.78 bits per heavy atom. The van der Waals surface area contributed by atoms with E-state index in [0.717, 1.165) is 0 Å². The lowest BCUT2D eigenvalue weighted by Crippen LogP contribution is -2.13. The van der Waals surface area contributed by atoms with Crippen LogP contribution in [-0.4, -0.2) is 22.8 Å². The predicted molar refractivity (Wildman–Crippen MR) is 84.8 cm³/mol. The molecule has 0 radical (unpaired) electrons. The third-order valence-corrected chi connectivity index (χ3v) is 3.18. The Morgan fingerprint density at radius 1 is 1.35 bits per heavy atom. The first-order valence-electron chi connectivity index (χ1n) is 6.90. The van der Waals surface area contributed by atoms with E-state index in [4.69, 9.17) is 19.7 Å². The third kappa shape index (κ3) is 4.04. The number of aromatic nitrogens is 2. The molecule has 8 nitrogen and oxygen atoms in total. The summed E-state index contributed by atoms with van der Waals surface area (Å²) in [4.78, 5) is 16.0. The molecule has 1 aliphatic heterocycles. The summed E-state index contributed by atoms with van der Waals surface area (Å²) in [5.41, 5.74) is 6.83. The smallest absolute Gasteiger partial charge is 0.231 e. The molecule has 0 bridgehead atoms. The summed E-state index contributed by atoms with van der Waals surface area (Å²) in [6.07, 6.45) is 1.50. The van der Waals surface area contributed by atoms with Crippen LogP contribution in [0.15, 0.2) is 16.7 Å². The van der Waals surface area contributed by atoms with Gasteiger partial charge in [0.05, 0.1) is 11.4 Å². The van der Waals surface area contributed by atoms with Gasteiger partial charge in [-0.25, -0.2) is 0 Å². The number of ether oxygens (including phenoxy) is 2. The van der Waals surface area contributed by atoms with Gasteiger partial charge in [0, 0.05) is 25.0 Å². The van der Waals surface area contributed by atoms with Crippen LogP contribution in [0, 0.1) is 6.92 Å². The summed E-state index contributed by atoms with van der Waals surface area (Å²) in [6.45, 7) is 1.91. The zero-order valence-electron chi connectivity index (χ0n) is 12.5. The summed E-state index contributed by atoms with van der Waals surface area (Å²) in [5.74, 6) is 2.15. The molecule has 0 spiro atoms. The van der Waals surface area contributed by atoms with Crippen LogP contribution in [0.1, 0.15) is 24.6 Å². The molecule has 3 N–H and O–H groups in total. The van der Waals surface area contributed by atoms with E-state index in [2.05, 4.69) is 15.5 Å². The minimum atomic E-state index is -0.137. The van der Waals surface area contributed by atoms with Gasteiger partial charge in [0.25, 0.3) is 0 Å². The van der Waals surface area contributed by atoms with Crippen molar-refractivity contribution in [3.63, 3.8) is 0 Å². The van der Waals surface area contributed by atoms with Gasteiger partial charge < -0.3 is 25.0 Å². The van der Waals surface area contributed by atoms with Crippen molar-refractivity contribution in [1.29, 1.82) is 0 Å². The number of fused-ring (bicyclic) bond motifs is 1. The summed E-state index contributed by atoms with van der Waals surface area (Å²) in [5, 5.41) is 6.46. The van der Waals surface area contributed by atoms with Crippen molar-refractivity contribution in [3.05, 3.63) is 23.8 Å². The van der Waals surface area contributed by atoms with Crippen molar-refractivity contribution in [2.75, 3.05) is 17.8 Å². The van der Waals surface area contributed by atoms with Crippen molar-refractivity contribution >= 4 is 29.7 Å². The molecule has 124 valence electrons. The number of carbonyl (C=O) groups excluding carboxylic acids is 1. The van der Waals surface area contributed by atoms with E-state index in [0.29, 0.717) is 53.9 Å². The molecule has 3 rings (SSSR count). The second kappa shape index (κ2) is 7.19. The van der Waals surface area contributed by atoms with Crippen molar-refractivity contribution in [1.82, 2.24) is 10.1 Å². The quantitative estimate of drug-likeness (QED) is 0.801. The molecule has 23 heavy (non-hydrogen) atoms. The minimum absolute atomic E-state index is 0. The van der Waals surface area contributed by atoms with Gasteiger partial charge in [-0.3, -0.25) is 4.79 Å². The summed E-state index contributed by atoms with van der Waals surface area (Å²) < 4.78 is 15.5. The SMILES string of the molecule is Cc1noc(CCCC(=O)Nc2cc3c(cc2N)OCO3)n1.Cl. The van der Waals surface area contributed by atoms with Gasteiger partial charge in [0.15, 0.2) is 17.3 Å². The van der Waals surface area contributed by atoms with Gasteiger partial charge >= 0.3 is 0 Å². The molecule has 0 aliphatic carbocycles. The minimum Gasteiger partial charge on any atom is -0.454 e. The maximum Gasteiger partial charge on any atom is 0.231 e. The van der Waals surface area contributed by atoms with E-state index in [9.17, 15) is 4.79 Å². The van der Waals surface area contributed by atoms with Crippen LogP contribution in [0.3, 0.4) is 0 Å². The first-order valence-corrected chi connectivity index (χ1v) is 6.90. The van der Waals surface area contributed by atoms with E-state index in [1.165, 1.54) is 0 Å². The Kier molecular flexibility index (Phi) is 5.28. The fourth-order valence-electron chi connectivity index (χ4n) is 2.12. The highest BCUT2D eigenvalue weighted by Gasteiger charge is 2.17. The lowest BCUT2D eigenvalue weighted by Gasteiger charge is -2.09. The maximum absolute atomic E-state index is 12.0. The molecule has 0 unspecified atom stereocenters. The van der Waals surface area contributed by atoms with Crippen LogP contribution < -0.4 is 20.5 Å². The van der Waals surface area contributed by atoms with E-state index in [-0.39, 0.29) is 25.1 Å². The number of anilines is 2. The first kappa shape index (κ1) is 16.9. The topological polar surface area (TPSA) is 113 Å². The fraction of sp³-hybridized carbons (Fsp3) is 0.357. The number of hydrogen-bond donors (Lipinski definition) is 2. The highest BCUT2D eigenvalue weighted by Crippen LogP contribution is 2.38. The van der Waals surface area contributed by atoms with E-state index >= 15 is 0 Å². The zero-order valence-corrected chi connectivity index (χ0v) is 13.3. The van der Waals surface area contributed by atoms with Crippen LogP contribution in [-0.2, 0) is 11.2 Å². The Bertz CT molecular complexity index is 704. The highest BCUT2D eigenvalue weighted by molar-refractivity contribution is 5.94. The molecule has 1 aliphatic rings. The third-order valence-electron chi connectivity index (χ3n) is 3.18.